The van der Waals surface area contributed by atoms with Gasteiger partial charge in [-0.15, -0.1) is 11.8 Å². The summed E-state index contributed by atoms with van der Waals surface area (Å²) >= 11 is 1.59. The molecule has 0 aromatic heterocycles. The molecule has 0 radical (unpaired) electrons. The van der Waals surface area contributed by atoms with Gasteiger partial charge in [0.2, 0.25) is 11.8 Å². The number of benzene rings is 1. The van der Waals surface area contributed by atoms with E-state index in [4.69, 9.17) is 0 Å². The number of aryl methyl sites for hydroxylation is 2. The normalized spacial score (nSPS) is 15.8. The monoisotopic (exact) mass is 377 g/mol. The Balaban J connectivity index is 1.74. The number of rotatable bonds is 5. The molecule has 1 heterocycles. The van der Waals surface area contributed by atoms with Crippen molar-refractivity contribution in [2.45, 2.75) is 45.1 Å². The van der Waals surface area contributed by atoms with E-state index in [0.717, 1.165) is 18.0 Å². The zero-order valence-corrected chi connectivity index (χ0v) is 17.4. The summed E-state index contributed by atoms with van der Waals surface area (Å²) in [6.45, 7) is 13.4. The topological polar surface area (TPSA) is 52.7 Å². The molecule has 2 amide bonds. The minimum absolute atomic E-state index is 0.0440. The van der Waals surface area contributed by atoms with E-state index in [1.54, 1.807) is 11.8 Å². The van der Waals surface area contributed by atoms with E-state index < -0.39 is 0 Å². The van der Waals surface area contributed by atoms with Crippen LogP contribution in [0.3, 0.4) is 0 Å². The summed E-state index contributed by atoms with van der Waals surface area (Å²) in [5, 5.41) is 2.98. The number of nitrogens with zero attached hydrogens (tertiary/aromatic N) is 2. The third-order valence-electron chi connectivity index (χ3n) is 4.45. The Morgan fingerprint density at radius 1 is 1.08 bits per heavy atom. The van der Waals surface area contributed by atoms with Crippen molar-refractivity contribution in [3.63, 3.8) is 0 Å². The fraction of sp³-hybridized carbons (Fsp3) is 0.600. The summed E-state index contributed by atoms with van der Waals surface area (Å²) in [6, 6.07) is 6.31. The summed E-state index contributed by atoms with van der Waals surface area (Å²) in [4.78, 5) is 29.6. The molecule has 1 saturated heterocycles. The Hall–Kier alpha value is -1.53. The van der Waals surface area contributed by atoms with E-state index in [0.29, 0.717) is 25.4 Å². The van der Waals surface area contributed by atoms with Crippen LogP contribution in [0.2, 0.25) is 0 Å². The first-order chi connectivity index (χ1) is 12.1. The molecule has 0 bridgehead atoms. The highest BCUT2D eigenvalue weighted by molar-refractivity contribution is 8.00. The van der Waals surface area contributed by atoms with E-state index in [1.807, 2.05) is 25.7 Å². The highest BCUT2D eigenvalue weighted by Crippen LogP contribution is 2.21. The number of hydrogen-bond donors (Lipinski definition) is 1. The second kappa shape index (κ2) is 8.91. The Labute approximate surface area is 161 Å². The number of amides is 2. The molecule has 1 aromatic carbocycles. The van der Waals surface area contributed by atoms with Gasteiger partial charge in [0.05, 0.1) is 12.3 Å². The van der Waals surface area contributed by atoms with Crippen LogP contribution in [-0.4, -0.2) is 65.6 Å². The van der Waals surface area contributed by atoms with Crippen molar-refractivity contribution in [2.75, 3.05) is 38.5 Å². The third-order valence-corrected chi connectivity index (χ3v) is 5.43. The van der Waals surface area contributed by atoms with Crippen LogP contribution in [0.15, 0.2) is 23.1 Å². The molecule has 0 atom stereocenters. The van der Waals surface area contributed by atoms with Crippen LogP contribution < -0.4 is 5.32 Å². The number of carbonyl (C=O) groups is 2. The van der Waals surface area contributed by atoms with Gasteiger partial charge in [-0.2, -0.15) is 0 Å². The molecule has 0 unspecified atom stereocenters. The first-order valence-electron chi connectivity index (χ1n) is 9.15. The molecular weight excluding hydrogens is 346 g/mol. The van der Waals surface area contributed by atoms with Gasteiger partial charge in [-0.3, -0.25) is 14.5 Å². The van der Waals surface area contributed by atoms with E-state index in [1.165, 1.54) is 11.1 Å². The Morgan fingerprint density at radius 3 is 2.31 bits per heavy atom. The van der Waals surface area contributed by atoms with Crippen molar-refractivity contribution in [1.82, 2.24) is 15.1 Å². The van der Waals surface area contributed by atoms with Crippen LogP contribution in [0.25, 0.3) is 0 Å². The fourth-order valence-electron chi connectivity index (χ4n) is 2.86. The molecule has 5 nitrogen and oxygen atoms in total. The maximum atomic E-state index is 12.4. The minimum Gasteiger partial charge on any atom is -0.350 e. The van der Waals surface area contributed by atoms with Gasteiger partial charge in [0.25, 0.3) is 0 Å². The van der Waals surface area contributed by atoms with Crippen molar-refractivity contribution in [3.8, 4) is 0 Å². The molecule has 1 fully saturated rings. The molecule has 1 aromatic rings. The summed E-state index contributed by atoms with van der Waals surface area (Å²) in [5.74, 6) is 0.683. The van der Waals surface area contributed by atoms with Crippen molar-refractivity contribution in [1.29, 1.82) is 0 Å². The van der Waals surface area contributed by atoms with Crippen LogP contribution in [-0.2, 0) is 9.59 Å². The van der Waals surface area contributed by atoms with Gasteiger partial charge >= 0.3 is 0 Å². The smallest absolute Gasteiger partial charge is 0.234 e. The van der Waals surface area contributed by atoms with Crippen molar-refractivity contribution in [2.24, 2.45) is 0 Å². The first-order valence-corrected chi connectivity index (χ1v) is 10.1. The van der Waals surface area contributed by atoms with E-state index in [-0.39, 0.29) is 17.4 Å². The van der Waals surface area contributed by atoms with Crippen molar-refractivity contribution < 1.29 is 9.59 Å². The highest BCUT2D eigenvalue weighted by atomic mass is 32.2. The molecule has 2 rings (SSSR count). The summed E-state index contributed by atoms with van der Waals surface area (Å²) < 4.78 is 0. The molecular formula is C20H31N3O2S. The van der Waals surface area contributed by atoms with E-state index in [2.05, 4.69) is 42.3 Å². The molecule has 0 spiro atoms. The SMILES string of the molecule is Cc1ccc(SCC(=O)N2CCN(CC(=O)NC(C)(C)C)CC2)cc1C. The van der Waals surface area contributed by atoms with Crippen LogP contribution >= 0.6 is 11.8 Å². The van der Waals surface area contributed by atoms with Crippen molar-refractivity contribution >= 4 is 23.6 Å². The minimum atomic E-state index is -0.208. The van der Waals surface area contributed by atoms with Gasteiger partial charge in [-0.25, -0.2) is 0 Å². The van der Waals surface area contributed by atoms with Crippen LogP contribution in [0.5, 0.6) is 0 Å². The van der Waals surface area contributed by atoms with Crippen LogP contribution in [0.4, 0.5) is 0 Å². The quantitative estimate of drug-likeness (QED) is 0.801. The predicted molar refractivity (Wildman–Crippen MR) is 108 cm³/mol. The van der Waals surface area contributed by atoms with Gasteiger partial charge in [-0.05, 0) is 57.9 Å². The summed E-state index contributed by atoms with van der Waals surface area (Å²) in [7, 11) is 0. The number of hydrogen-bond acceptors (Lipinski definition) is 4. The molecule has 144 valence electrons. The lowest BCUT2D eigenvalue weighted by Gasteiger charge is -2.35. The van der Waals surface area contributed by atoms with Gasteiger partial charge in [0, 0.05) is 36.6 Å². The third kappa shape index (κ3) is 6.65. The average Bonchev–Trinajstić information content (AvgIpc) is 2.54. The predicted octanol–water partition coefficient (Wildman–Crippen LogP) is 2.45. The number of piperazine rings is 1. The molecule has 0 saturated carbocycles. The lowest BCUT2D eigenvalue weighted by atomic mass is 10.1. The number of thioether (sulfide) groups is 1. The maximum Gasteiger partial charge on any atom is 0.234 e. The fourth-order valence-corrected chi connectivity index (χ4v) is 3.75. The Bertz CT molecular complexity index is 647. The van der Waals surface area contributed by atoms with Crippen molar-refractivity contribution in [3.05, 3.63) is 29.3 Å². The highest BCUT2D eigenvalue weighted by Gasteiger charge is 2.23. The molecule has 6 heteroatoms. The second-order valence-electron chi connectivity index (χ2n) is 7.99. The number of carbonyl (C=O) groups excluding carboxylic acids is 2. The summed E-state index contributed by atoms with van der Waals surface area (Å²) in [6.07, 6.45) is 0. The maximum absolute atomic E-state index is 12.4. The largest absolute Gasteiger partial charge is 0.350 e. The standard InChI is InChI=1S/C20H31N3O2S/c1-15-6-7-17(12-16(15)2)26-14-19(25)23-10-8-22(9-11-23)13-18(24)21-20(3,4)5/h6-7,12H,8-11,13-14H2,1-5H3,(H,21,24). The molecule has 1 aliphatic heterocycles. The molecule has 0 aliphatic carbocycles. The van der Waals surface area contributed by atoms with E-state index in [9.17, 15) is 9.59 Å². The lowest BCUT2D eigenvalue weighted by molar-refractivity contribution is -0.130. The average molecular weight is 378 g/mol. The van der Waals surface area contributed by atoms with E-state index >= 15 is 0 Å². The molecule has 26 heavy (non-hydrogen) atoms. The first kappa shape index (κ1) is 20.8. The number of nitrogens with one attached hydrogen (secondary N) is 1. The zero-order chi connectivity index (χ0) is 19.3. The van der Waals surface area contributed by atoms with Gasteiger partial charge in [0.1, 0.15) is 0 Å². The molecule has 1 N–H and O–H groups in total. The Morgan fingerprint density at radius 2 is 1.73 bits per heavy atom. The second-order valence-corrected chi connectivity index (χ2v) is 9.04. The van der Waals surface area contributed by atoms with Crippen LogP contribution in [0.1, 0.15) is 31.9 Å². The van der Waals surface area contributed by atoms with Gasteiger partial charge in [0.15, 0.2) is 0 Å². The lowest BCUT2D eigenvalue weighted by Crippen LogP contribution is -2.53. The van der Waals surface area contributed by atoms with Gasteiger partial charge in [-0.1, -0.05) is 6.07 Å². The van der Waals surface area contributed by atoms with Gasteiger partial charge < -0.3 is 10.2 Å². The van der Waals surface area contributed by atoms with Crippen LogP contribution in [0, 0.1) is 13.8 Å². The molecule has 1 aliphatic rings. The zero-order valence-electron chi connectivity index (χ0n) is 16.6. The summed E-state index contributed by atoms with van der Waals surface area (Å²) in [5.41, 5.74) is 2.32. The Kier molecular flexibility index (Phi) is 7.12.